The van der Waals surface area contributed by atoms with E-state index in [1.165, 1.54) is 31.2 Å². The van der Waals surface area contributed by atoms with Gasteiger partial charge in [-0.1, -0.05) is 12.8 Å². The number of benzene rings is 2. The quantitative estimate of drug-likeness (QED) is 0.288. The van der Waals surface area contributed by atoms with Gasteiger partial charge in [0.1, 0.15) is 0 Å². The van der Waals surface area contributed by atoms with E-state index in [-0.39, 0.29) is 22.8 Å². The van der Waals surface area contributed by atoms with Crippen molar-refractivity contribution in [3.8, 4) is 0 Å². The van der Waals surface area contributed by atoms with Gasteiger partial charge in [0.25, 0.3) is 11.8 Å². The Labute approximate surface area is 239 Å². The molecule has 2 aromatic carbocycles. The Bertz CT molecular complexity index is 1430. The molecule has 1 fully saturated rings. The van der Waals surface area contributed by atoms with Gasteiger partial charge in [0.15, 0.2) is 0 Å². The normalized spacial score (nSPS) is 17.1. The lowest BCUT2D eigenvalue weighted by Crippen LogP contribution is -2.54. The highest BCUT2D eigenvalue weighted by Crippen LogP contribution is 2.32. The first-order valence-electron chi connectivity index (χ1n) is 12.9. The number of rotatable bonds is 9. The van der Waals surface area contributed by atoms with E-state index in [1.54, 1.807) is 0 Å². The lowest BCUT2D eigenvalue weighted by molar-refractivity contribution is -0.137. The van der Waals surface area contributed by atoms with Crippen LogP contribution in [0.25, 0.3) is 0 Å². The molecule has 16 heteroatoms. The summed E-state index contributed by atoms with van der Waals surface area (Å²) in [6.45, 7) is 0.913. The van der Waals surface area contributed by atoms with Gasteiger partial charge in [0, 0.05) is 17.6 Å². The molecule has 2 aromatic rings. The molecule has 3 rings (SSSR count). The van der Waals surface area contributed by atoms with Gasteiger partial charge in [0.05, 0.1) is 34.9 Å². The number of primary sulfonamides is 1. The van der Waals surface area contributed by atoms with Gasteiger partial charge in [-0.3, -0.25) is 19.7 Å². The Morgan fingerprint density at radius 2 is 1.57 bits per heavy atom. The minimum atomic E-state index is -4.76. The minimum Gasteiger partial charge on any atom is -0.450 e. The van der Waals surface area contributed by atoms with Crippen molar-refractivity contribution in [1.29, 1.82) is 0 Å². The molecule has 1 aliphatic carbocycles. The molecule has 0 bridgehead atoms. The number of sulfonamides is 1. The smallest absolute Gasteiger partial charge is 0.416 e. The molecule has 4 amide bonds. The second-order valence-electron chi connectivity index (χ2n) is 9.39. The molecule has 42 heavy (non-hydrogen) atoms. The van der Waals surface area contributed by atoms with Crippen LogP contribution in [0.3, 0.4) is 0 Å². The number of hydrogen-bond acceptors (Lipinski definition) is 7. The topological polar surface area (TPSA) is 186 Å². The summed E-state index contributed by atoms with van der Waals surface area (Å²) in [6, 6.07) is 6.18. The summed E-state index contributed by atoms with van der Waals surface area (Å²) in [6.07, 6.45) is -3.18. The summed E-state index contributed by atoms with van der Waals surface area (Å²) in [7, 11) is -3.93. The van der Waals surface area contributed by atoms with E-state index >= 15 is 0 Å². The Hall–Kier alpha value is -4.18. The lowest BCUT2D eigenvalue weighted by Gasteiger charge is -2.33. The number of nitrogens with one attached hydrogen (secondary N) is 4. The Kier molecular flexibility index (Phi) is 10.5. The average Bonchev–Trinajstić information content (AvgIpc) is 2.92. The first-order chi connectivity index (χ1) is 19.7. The number of alkyl halides is 3. The van der Waals surface area contributed by atoms with Crippen LogP contribution in [0, 0.1) is 0 Å². The van der Waals surface area contributed by atoms with Crippen LogP contribution in [0.5, 0.6) is 0 Å². The van der Waals surface area contributed by atoms with E-state index in [1.807, 2.05) is 0 Å². The first kappa shape index (κ1) is 32.3. The molecule has 1 saturated carbocycles. The van der Waals surface area contributed by atoms with Crippen LogP contribution < -0.4 is 26.4 Å². The van der Waals surface area contributed by atoms with Crippen LogP contribution >= 0.6 is 0 Å². The van der Waals surface area contributed by atoms with Gasteiger partial charge >= 0.3 is 12.3 Å². The lowest BCUT2D eigenvalue weighted by atomic mass is 9.90. The highest BCUT2D eigenvalue weighted by molar-refractivity contribution is 7.89. The molecule has 0 spiro atoms. The maximum absolute atomic E-state index is 13.3. The molecular weight excluding hydrogens is 583 g/mol. The number of amides is 4. The van der Waals surface area contributed by atoms with E-state index in [0.717, 1.165) is 18.9 Å². The SMILES string of the molecule is CCOC(=O)Nc1ccc(C(F)(F)F)cc1C(=O)NCC(=O)N[C@@H]1CCCC[C@@H]1NC(=O)c1ccc(S(N)(=O)=O)cc1. The van der Waals surface area contributed by atoms with Gasteiger partial charge < -0.3 is 20.7 Å². The number of carbonyl (C=O) groups excluding carboxylic acids is 4. The number of ether oxygens (including phenoxy) is 1. The third kappa shape index (κ3) is 8.91. The summed E-state index contributed by atoms with van der Waals surface area (Å²) in [5.74, 6) is -2.19. The fourth-order valence-corrected chi connectivity index (χ4v) is 4.85. The standard InChI is InChI=1S/C26H30F3N5O7S/c1-2-41-25(38)34-19-12-9-16(26(27,28)29)13-18(19)24(37)31-14-22(35)32-20-5-3-4-6-21(20)33-23(36)15-7-10-17(11-8-15)42(30,39)40/h7-13,20-21H,2-6,14H2,1H3,(H,31,37)(H,32,35)(H,33,36)(H,34,38)(H2,30,39,40)/t20-,21+/m1/s1. The van der Waals surface area contributed by atoms with Gasteiger partial charge in [-0.05, 0) is 62.2 Å². The fraction of sp³-hybridized carbons (Fsp3) is 0.385. The van der Waals surface area contributed by atoms with Crippen LogP contribution in [0.4, 0.5) is 23.7 Å². The highest BCUT2D eigenvalue weighted by atomic mass is 32.2. The third-order valence-corrected chi connectivity index (χ3v) is 7.32. The molecule has 0 saturated heterocycles. The average molecular weight is 614 g/mol. The molecule has 0 radical (unpaired) electrons. The van der Waals surface area contributed by atoms with E-state index in [4.69, 9.17) is 9.88 Å². The molecule has 1 aliphatic rings. The number of carbonyl (C=O) groups is 4. The predicted octanol–water partition coefficient (Wildman–Crippen LogP) is 2.51. The number of nitrogens with two attached hydrogens (primary N) is 1. The maximum Gasteiger partial charge on any atom is 0.416 e. The van der Waals surface area contributed by atoms with Crippen molar-refractivity contribution < 1.29 is 45.5 Å². The van der Waals surface area contributed by atoms with Crippen molar-refractivity contribution in [2.75, 3.05) is 18.5 Å². The van der Waals surface area contributed by atoms with Crippen LogP contribution in [-0.4, -0.2) is 57.5 Å². The summed E-state index contributed by atoms with van der Waals surface area (Å²) < 4.78 is 67.3. The number of halogens is 3. The largest absolute Gasteiger partial charge is 0.450 e. The van der Waals surface area contributed by atoms with Crippen LogP contribution in [-0.2, 0) is 25.7 Å². The van der Waals surface area contributed by atoms with E-state index in [0.29, 0.717) is 25.0 Å². The monoisotopic (exact) mass is 613 g/mol. The predicted molar refractivity (Wildman–Crippen MR) is 144 cm³/mol. The molecule has 6 N–H and O–H groups in total. The summed E-state index contributed by atoms with van der Waals surface area (Å²) in [4.78, 5) is 49.8. The van der Waals surface area contributed by atoms with Crippen molar-refractivity contribution in [1.82, 2.24) is 16.0 Å². The summed E-state index contributed by atoms with van der Waals surface area (Å²) >= 11 is 0. The maximum atomic E-state index is 13.3. The van der Waals surface area contributed by atoms with Gasteiger partial charge in [-0.2, -0.15) is 13.2 Å². The Morgan fingerprint density at radius 1 is 0.952 bits per heavy atom. The van der Waals surface area contributed by atoms with Gasteiger partial charge in [0.2, 0.25) is 15.9 Å². The number of hydrogen-bond donors (Lipinski definition) is 5. The first-order valence-corrected chi connectivity index (χ1v) is 14.4. The zero-order valence-electron chi connectivity index (χ0n) is 22.4. The zero-order chi connectivity index (χ0) is 31.1. The van der Waals surface area contributed by atoms with Crippen LogP contribution in [0.15, 0.2) is 47.4 Å². The molecule has 2 atom stereocenters. The molecule has 12 nitrogen and oxygen atoms in total. The molecule has 0 aliphatic heterocycles. The molecule has 0 heterocycles. The molecule has 0 aromatic heterocycles. The zero-order valence-corrected chi connectivity index (χ0v) is 23.2. The molecule has 0 unspecified atom stereocenters. The number of anilines is 1. The van der Waals surface area contributed by atoms with Crippen molar-refractivity contribution in [2.45, 2.75) is 55.8 Å². The Balaban J connectivity index is 1.64. The van der Waals surface area contributed by atoms with Crippen molar-refractivity contribution in [3.05, 3.63) is 59.2 Å². The van der Waals surface area contributed by atoms with Gasteiger partial charge in [-0.25, -0.2) is 18.4 Å². The summed E-state index contributed by atoms with van der Waals surface area (Å²) in [5.41, 5.74) is -1.72. The molecular formula is C26H30F3N5O7S. The van der Waals surface area contributed by atoms with E-state index in [2.05, 4.69) is 21.3 Å². The minimum absolute atomic E-state index is 0.0122. The van der Waals surface area contributed by atoms with Crippen molar-refractivity contribution in [3.63, 3.8) is 0 Å². The van der Waals surface area contributed by atoms with Crippen molar-refractivity contribution in [2.24, 2.45) is 5.14 Å². The van der Waals surface area contributed by atoms with Gasteiger partial charge in [-0.15, -0.1) is 0 Å². The Morgan fingerprint density at radius 3 is 2.14 bits per heavy atom. The molecule has 228 valence electrons. The van der Waals surface area contributed by atoms with E-state index < -0.39 is 69.8 Å². The fourth-order valence-electron chi connectivity index (χ4n) is 4.33. The second-order valence-corrected chi connectivity index (χ2v) is 11.0. The van der Waals surface area contributed by atoms with E-state index in [9.17, 15) is 40.8 Å². The van der Waals surface area contributed by atoms with Crippen LogP contribution in [0.1, 0.15) is 58.9 Å². The highest BCUT2D eigenvalue weighted by Gasteiger charge is 2.32. The second kappa shape index (κ2) is 13.7. The van der Waals surface area contributed by atoms with Crippen molar-refractivity contribution >= 4 is 39.5 Å². The van der Waals surface area contributed by atoms with Crippen LogP contribution in [0.2, 0.25) is 0 Å². The third-order valence-electron chi connectivity index (χ3n) is 6.39. The summed E-state index contributed by atoms with van der Waals surface area (Å²) in [5, 5.41) is 15.1.